The number of imidazole rings is 1. The SMILES string of the molecule is CCCCc1ncc(C(=O)N(c2ccccc2Br)C(C)CC(=O)NO)n1Cc1ccc(C(=O)O)c2ccccc12. The molecule has 0 fully saturated rings. The lowest BCUT2D eigenvalue weighted by Crippen LogP contribution is -2.42. The van der Waals surface area contributed by atoms with Crippen LogP contribution in [0.4, 0.5) is 5.69 Å². The number of nitrogens with zero attached hydrogens (tertiary/aromatic N) is 3. The van der Waals surface area contributed by atoms with E-state index in [9.17, 15) is 19.5 Å². The number of fused-ring (bicyclic) bond motifs is 1. The van der Waals surface area contributed by atoms with E-state index >= 15 is 0 Å². The van der Waals surface area contributed by atoms with Gasteiger partial charge in [-0.15, -0.1) is 0 Å². The van der Waals surface area contributed by atoms with Gasteiger partial charge < -0.3 is 14.6 Å². The van der Waals surface area contributed by atoms with Crippen molar-refractivity contribution in [1.82, 2.24) is 15.0 Å². The van der Waals surface area contributed by atoms with Crippen molar-refractivity contribution in [2.45, 2.75) is 52.1 Å². The fourth-order valence-corrected chi connectivity index (χ4v) is 5.35. The Hall–Kier alpha value is -4.02. The predicted octanol–water partition coefficient (Wildman–Crippen LogP) is 5.82. The summed E-state index contributed by atoms with van der Waals surface area (Å²) in [4.78, 5) is 44.3. The maximum Gasteiger partial charge on any atom is 0.336 e. The van der Waals surface area contributed by atoms with Gasteiger partial charge in [0.2, 0.25) is 5.91 Å². The number of aromatic nitrogens is 2. The van der Waals surface area contributed by atoms with Crippen molar-refractivity contribution >= 4 is 50.2 Å². The van der Waals surface area contributed by atoms with Gasteiger partial charge in [-0.2, -0.15) is 0 Å². The van der Waals surface area contributed by atoms with Crippen LogP contribution in [-0.4, -0.2) is 43.7 Å². The highest BCUT2D eigenvalue weighted by molar-refractivity contribution is 9.10. The maximum atomic E-state index is 14.3. The number of rotatable bonds is 11. The van der Waals surface area contributed by atoms with Crippen molar-refractivity contribution in [2.75, 3.05) is 4.90 Å². The number of carboxylic acids is 1. The molecule has 3 N–H and O–H groups in total. The van der Waals surface area contributed by atoms with Crippen LogP contribution in [0.25, 0.3) is 10.8 Å². The maximum absolute atomic E-state index is 14.3. The smallest absolute Gasteiger partial charge is 0.336 e. The lowest BCUT2D eigenvalue weighted by atomic mass is 9.99. The minimum Gasteiger partial charge on any atom is -0.478 e. The summed E-state index contributed by atoms with van der Waals surface area (Å²) in [7, 11) is 0. The van der Waals surface area contributed by atoms with E-state index in [4.69, 9.17) is 5.21 Å². The number of para-hydroxylation sites is 1. The Morgan fingerprint density at radius 2 is 1.75 bits per heavy atom. The first-order valence-corrected chi connectivity index (χ1v) is 13.8. The molecule has 0 radical (unpaired) electrons. The Labute approximate surface area is 240 Å². The summed E-state index contributed by atoms with van der Waals surface area (Å²) in [6.45, 7) is 4.12. The van der Waals surface area contributed by atoms with Crippen molar-refractivity contribution in [2.24, 2.45) is 0 Å². The number of carbonyl (C=O) groups excluding carboxylic acids is 2. The number of hydroxylamine groups is 1. The predicted molar refractivity (Wildman–Crippen MR) is 156 cm³/mol. The van der Waals surface area contributed by atoms with Gasteiger partial charge in [0.05, 0.1) is 24.0 Å². The third kappa shape index (κ3) is 6.08. The highest BCUT2D eigenvalue weighted by Gasteiger charge is 2.30. The van der Waals surface area contributed by atoms with Crippen LogP contribution in [-0.2, 0) is 17.8 Å². The minimum atomic E-state index is -1.00. The third-order valence-electron chi connectivity index (χ3n) is 6.86. The first kappa shape index (κ1) is 29.0. The molecule has 9 nitrogen and oxygen atoms in total. The van der Waals surface area contributed by atoms with Crippen LogP contribution < -0.4 is 10.4 Å². The molecule has 0 aliphatic rings. The number of amides is 2. The normalized spacial score (nSPS) is 11.8. The van der Waals surface area contributed by atoms with Crippen LogP contribution in [0.2, 0.25) is 0 Å². The molecule has 4 aromatic rings. The molecule has 0 spiro atoms. The van der Waals surface area contributed by atoms with Gasteiger partial charge in [0.15, 0.2) is 0 Å². The lowest BCUT2D eigenvalue weighted by molar-refractivity contribution is -0.129. The fraction of sp³-hybridized carbons (Fsp3) is 0.267. The Balaban J connectivity index is 1.83. The van der Waals surface area contributed by atoms with Gasteiger partial charge >= 0.3 is 5.97 Å². The topological polar surface area (TPSA) is 125 Å². The van der Waals surface area contributed by atoms with E-state index in [1.807, 2.05) is 28.8 Å². The molecule has 40 heavy (non-hydrogen) atoms. The second kappa shape index (κ2) is 12.9. The van der Waals surface area contributed by atoms with Gasteiger partial charge in [0.25, 0.3) is 5.91 Å². The standard InChI is InChI=1S/C30H31BrN4O5/c1-3-4-13-27-32-17-26(29(37)35(19(2)16-28(36)33-40)25-12-8-7-11-24(25)31)34(27)18-20-14-15-23(30(38)39)22-10-6-5-9-21(20)22/h5-12,14-15,17,19,40H,3-4,13,16,18H2,1-2H3,(H,33,36)(H,38,39). The number of anilines is 1. The summed E-state index contributed by atoms with van der Waals surface area (Å²) >= 11 is 3.53. The molecule has 0 saturated carbocycles. The molecule has 2 amide bonds. The van der Waals surface area contributed by atoms with Crippen molar-refractivity contribution in [3.8, 4) is 0 Å². The van der Waals surface area contributed by atoms with E-state index in [1.165, 1.54) is 4.90 Å². The van der Waals surface area contributed by atoms with Crippen molar-refractivity contribution in [1.29, 1.82) is 0 Å². The number of carboxylic acid groups (broad SMARTS) is 1. The summed E-state index contributed by atoms with van der Waals surface area (Å²) in [6, 6.07) is 17.3. The van der Waals surface area contributed by atoms with E-state index in [0.717, 1.165) is 29.6 Å². The number of aryl methyl sites for hydroxylation is 1. The molecule has 1 unspecified atom stereocenters. The average molecular weight is 608 g/mol. The molecule has 0 saturated heterocycles. The van der Waals surface area contributed by atoms with E-state index in [1.54, 1.807) is 55.0 Å². The van der Waals surface area contributed by atoms with Gasteiger partial charge in [0, 0.05) is 23.4 Å². The van der Waals surface area contributed by atoms with E-state index in [2.05, 4.69) is 27.8 Å². The van der Waals surface area contributed by atoms with Crippen molar-refractivity contribution in [3.63, 3.8) is 0 Å². The molecule has 10 heteroatoms. The van der Waals surface area contributed by atoms with E-state index in [-0.39, 0.29) is 17.9 Å². The number of nitrogens with one attached hydrogen (secondary N) is 1. The number of hydrogen-bond acceptors (Lipinski definition) is 5. The Bertz CT molecular complexity index is 1550. The molecule has 4 rings (SSSR count). The lowest BCUT2D eigenvalue weighted by Gasteiger charge is -2.30. The zero-order chi connectivity index (χ0) is 28.8. The van der Waals surface area contributed by atoms with Gasteiger partial charge in [-0.05, 0) is 63.8 Å². The summed E-state index contributed by atoms with van der Waals surface area (Å²) < 4.78 is 2.55. The highest BCUT2D eigenvalue weighted by Crippen LogP contribution is 2.31. The van der Waals surface area contributed by atoms with Gasteiger partial charge in [0.1, 0.15) is 11.5 Å². The average Bonchev–Trinajstić information content (AvgIpc) is 3.35. The zero-order valence-electron chi connectivity index (χ0n) is 22.3. The number of carbonyl (C=O) groups is 3. The first-order valence-electron chi connectivity index (χ1n) is 13.1. The molecule has 208 valence electrons. The second-order valence-electron chi connectivity index (χ2n) is 9.59. The van der Waals surface area contributed by atoms with Gasteiger partial charge in [-0.3, -0.25) is 14.8 Å². The molecular formula is C30H31BrN4O5. The summed E-state index contributed by atoms with van der Waals surface area (Å²) in [5.41, 5.74) is 3.62. The molecule has 0 bridgehead atoms. The minimum absolute atomic E-state index is 0.123. The van der Waals surface area contributed by atoms with E-state index < -0.39 is 17.9 Å². The molecule has 3 aromatic carbocycles. The van der Waals surface area contributed by atoms with Gasteiger partial charge in [-0.25, -0.2) is 15.3 Å². The van der Waals surface area contributed by atoms with Crippen LogP contribution in [0.15, 0.2) is 71.3 Å². The van der Waals surface area contributed by atoms with Crippen molar-refractivity contribution < 1.29 is 24.7 Å². The molecular weight excluding hydrogens is 576 g/mol. The molecule has 1 aromatic heterocycles. The monoisotopic (exact) mass is 606 g/mol. The third-order valence-corrected chi connectivity index (χ3v) is 7.53. The highest BCUT2D eigenvalue weighted by atomic mass is 79.9. The number of hydrogen-bond donors (Lipinski definition) is 3. The summed E-state index contributed by atoms with van der Waals surface area (Å²) in [6.07, 6.45) is 3.92. The van der Waals surface area contributed by atoms with Crippen LogP contribution in [0.1, 0.15) is 65.3 Å². The van der Waals surface area contributed by atoms with E-state index in [0.29, 0.717) is 34.2 Å². The van der Waals surface area contributed by atoms with Gasteiger partial charge in [-0.1, -0.05) is 55.8 Å². The van der Waals surface area contributed by atoms with Crippen LogP contribution >= 0.6 is 15.9 Å². The fourth-order valence-electron chi connectivity index (χ4n) is 4.87. The molecule has 1 heterocycles. The first-order chi connectivity index (χ1) is 19.3. The molecule has 0 aliphatic carbocycles. The quantitative estimate of drug-likeness (QED) is 0.146. The molecule has 0 aliphatic heterocycles. The second-order valence-corrected chi connectivity index (χ2v) is 10.4. The Morgan fingerprint density at radius 1 is 1.05 bits per heavy atom. The Morgan fingerprint density at radius 3 is 2.42 bits per heavy atom. The van der Waals surface area contributed by atoms with Crippen LogP contribution in [0, 0.1) is 0 Å². The molecule has 1 atom stereocenters. The van der Waals surface area contributed by atoms with Crippen LogP contribution in [0.5, 0.6) is 0 Å². The number of unbranched alkanes of at least 4 members (excludes halogenated alkanes) is 1. The van der Waals surface area contributed by atoms with Crippen molar-refractivity contribution in [3.05, 3.63) is 94.0 Å². The largest absolute Gasteiger partial charge is 0.478 e. The summed E-state index contributed by atoms with van der Waals surface area (Å²) in [5.74, 6) is -1.23. The Kier molecular flexibility index (Phi) is 9.34. The number of benzene rings is 3. The summed E-state index contributed by atoms with van der Waals surface area (Å²) in [5, 5.41) is 20.2. The number of aromatic carboxylic acids is 1. The number of halogens is 1. The zero-order valence-corrected chi connectivity index (χ0v) is 23.9. The van der Waals surface area contributed by atoms with Crippen LogP contribution in [0.3, 0.4) is 0 Å².